The summed E-state index contributed by atoms with van der Waals surface area (Å²) in [6, 6.07) is 5.92. The van der Waals surface area contributed by atoms with Crippen LogP contribution in [0.1, 0.15) is 13.0 Å². The fourth-order valence-corrected chi connectivity index (χ4v) is 2.04. The summed E-state index contributed by atoms with van der Waals surface area (Å²) < 4.78 is 6.40. The molecule has 5 heteroatoms. The number of ether oxygens (including phenoxy) is 1. The molecule has 0 fully saturated rings. The number of fused-ring (bicyclic) bond motifs is 1. The van der Waals surface area contributed by atoms with Gasteiger partial charge in [0.2, 0.25) is 0 Å². The molecule has 1 heterocycles. The lowest BCUT2D eigenvalue weighted by Gasteiger charge is -2.16. The predicted octanol–water partition coefficient (Wildman–Crippen LogP) is 2.39. The van der Waals surface area contributed by atoms with Crippen LogP contribution < -0.4 is 5.43 Å². The standard InChI is InChI=1S/C13H12ClNO3/c1-8(13(17)18-2)15-6-5-12(16)10-7-9(14)3-4-11(10)15/h3-8H,1-2H3. The zero-order valence-corrected chi connectivity index (χ0v) is 10.8. The average molecular weight is 266 g/mol. The molecular formula is C13H12ClNO3. The zero-order valence-electron chi connectivity index (χ0n) is 10.0. The minimum atomic E-state index is -0.501. The number of hydrogen-bond acceptors (Lipinski definition) is 3. The van der Waals surface area contributed by atoms with Gasteiger partial charge in [-0.2, -0.15) is 0 Å². The van der Waals surface area contributed by atoms with Gasteiger partial charge < -0.3 is 9.30 Å². The number of aromatic nitrogens is 1. The lowest BCUT2D eigenvalue weighted by molar-refractivity contribution is -0.143. The van der Waals surface area contributed by atoms with Gasteiger partial charge in [-0.15, -0.1) is 0 Å². The van der Waals surface area contributed by atoms with Gasteiger partial charge in [0.25, 0.3) is 0 Å². The van der Waals surface area contributed by atoms with E-state index in [0.717, 1.165) is 0 Å². The van der Waals surface area contributed by atoms with Crippen LogP contribution in [0.5, 0.6) is 0 Å². The minimum absolute atomic E-state index is 0.124. The zero-order chi connectivity index (χ0) is 13.3. The van der Waals surface area contributed by atoms with Gasteiger partial charge in [0.15, 0.2) is 5.43 Å². The van der Waals surface area contributed by atoms with Crippen molar-refractivity contribution in [3.8, 4) is 0 Å². The van der Waals surface area contributed by atoms with E-state index in [1.54, 1.807) is 35.9 Å². The molecule has 0 saturated heterocycles. The third-order valence-corrected chi connectivity index (χ3v) is 3.08. The van der Waals surface area contributed by atoms with E-state index in [1.807, 2.05) is 0 Å². The number of carbonyl (C=O) groups is 1. The molecule has 0 N–H and O–H groups in total. The highest BCUT2D eigenvalue weighted by Crippen LogP contribution is 2.20. The van der Waals surface area contributed by atoms with E-state index >= 15 is 0 Å². The van der Waals surface area contributed by atoms with Crippen LogP contribution in [0.4, 0.5) is 0 Å². The molecule has 94 valence electrons. The number of esters is 1. The maximum Gasteiger partial charge on any atom is 0.328 e. The maximum atomic E-state index is 11.8. The van der Waals surface area contributed by atoms with E-state index in [2.05, 4.69) is 0 Å². The molecular weight excluding hydrogens is 254 g/mol. The Morgan fingerprint density at radius 3 is 2.78 bits per heavy atom. The summed E-state index contributed by atoms with van der Waals surface area (Å²) in [6.45, 7) is 1.71. The molecule has 0 radical (unpaired) electrons. The first kappa shape index (κ1) is 12.6. The van der Waals surface area contributed by atoms with E-state index < -0.39 is 6.04 Å². The second kappa shape index (κ2) is 4.82. The summed E-state index contributed by atoms with van der Waals surface area (Å²) in [7, 11) is 1.33. The average Bonchev–Trinajstić information content (AvgIpc) is 2.38. The van der Waals surface area contributed by atoms with E-state index in [0.29, 0.717) is 15.9 Å². The summed E-state index contributed by atoms with van der Waals surface area (Å²) in [6.07, 6.45) is 1.58. The topological polar surface area (TPSA) is 48.3 Å². The fraction of sp³-hybridized carbons (Fsp3) is 0.231. The van der Waals surface area contributed by atoms with Crippen LogP contribution in [0.3, 0.4) is 0 Å². The Labute approximate surface area is 109 Å². The molecule has 2 aromatic rings. The monoisotopic (exact) mass is 265 g/mol. The normalized spacial score (nSPS) is 12.4. The van der Waals surface area contributed by atoms with Gasteiger partial charge >= 0.3 is 5.97 Å². The number of pyridine rings is 1. The lowest BCUT2D eigenvalue weighted by atomic mass is 10.2. The van der Waals surface area contributed by atoms with Crippen molar-refractivity contribution in [3.05, 3.63) is 45.7 Å². The van der Waals surface area contributed by atoms with E-state index in [-0.39, 0.29) is 11.4 Å². The second-order valence-electron chi connectivity index (χ2n) is 3.95. The Morgan fingerprint density at radius 2 is 2.11 bits per heavy atom. The molecule has 0 aliphatic heterocycles. The van der Waals surface area contributed by atoms with E-state index in [9.17, 15) is 9.59 Å². The maximum absolute atomic E-state index is 11.8. The first-order valence-electron chi connectivity index (χ1n) is 5.43. The van der Waals surface area contributed by atoms with Gasteiger partial charge in [0, 0.05) is 22.7 Å². The largest absolute Gasteiger partial charge is 0.467 e. The molecule has 0 saturated carbocycles. The number of hydrogen-bond donors (Lipinski definition) is 0. The second-order valence-corrected chi connectivity index (χ2v) is 4.38. The van der Waals surface area contributed by atoms with Gasteiger partial charge in [-0.1, -0.05) is 11.6 Å². The summed E-state index contributed by atoms with van der Waals surface area (Å²) in [4.78, 5) is 23.3. The predicted molar refractivity (Wildman–Crippen MR) is 69.9 cm³/mol. The van der Waals surface area contributed by atoms with Gasteiger partial charge in [0.1, 0.15) is 6.04 Å². The van der Waals surface area contributed by atoms with E-state index in [1.165, 1.54) is 13.2 Å². The number of benzene rings is 1. The highest BCUT2D eigenvalue weighted by molar-refractivity contribution is 6.31. The number of carbonyl (C=O) groups excluding carboxylic acids is 1. The van der Waals surface area contributed by atoms with Crippen molar-refractivity contribution >= 4 is 28.5 Å². The van der Waals surface area contributed by atoms with Crippen LogP contribution in [-0.2, 0) is 9.53 Å². The molecule has 0 amide bonds. The molecule has 1 aromatic heterocycles. The summed E-state index contributed by atoms with van der Waals surface area (Å²) in [5.74, 6) is -0.366. The van der Waals surface area contributed by atoms with Crippen molar-refractivity contribution in [1.29, 1.82) is 0 Å². The highest BCUT2D eigenvalue weighted by atomic mass is 35.5. The molecule has 1 atom stereocenters. The van der Waals surface area contributed by atoms with Gasteiger partial charge in [0.05, 0.1) is 12.6 Å². The quantitative estimate of drug-likeness (QED) is 0.784. The Morgan fingerprint density at radius 1 is 1.39 bits per heavy atom. The van der Waals surface area contributed by atoms with Gasteiger partial charge in [-0.05, 0) is 25.1 Å². The third kappa shape index (κ3) is 2.11. The first-order valence-corrected chi connectivity index (χ1v) is 5.80. The molecule has 1 aromatic carbocycles. The number of nitrogens with zero attached hydrogens (tertiary/aromatic N) is 1. The van der Waals surface area contributed by atoms with Crippen LogP contribution in [0, 0.1) is 0 Å². The molecule has 1 unspecified atom stereocenters. The molecule has 18 heavy (non-hydrogen) atoms. The molecule has 4 nitrogen and oxygen atoms in total. The Bertz CT molecular complexity index is 663. The number of halogens is 1. The Balaban J connectivity index is 2.70. The van der Waals surface area contributed by atoms with Crippen LogP contribution in [0.25, 0.3) is 10.9 Å². The van der Waals surface area contributed by atoms with Crippen molar-refractivity contribution in [2.75, 3.05) is 7.11 Å². The van der Waals surface area contributed by atoms with Crippen LogP contribution in [0.15, 0.2) is 35.3 Å². The third-order valence-electron chi connectivity index (χ3n) is 2.85. The molecule has 0 bridgehead atoms. The van der Waals surface area contributed by atoms with Crippen LogP contribution in [0.2, 0.25) is 5.02 Å². The summed E-state index contributed by atoms with van der Waals surface area (Å²) in [5, 5.41) is 0.976. The molecule has 0 aliphatic rings. The van der Waals surface area contributed by atoms with Crippen molar-refractivity contribution < 1.29 is 9.53 Å². The summed E-state index contributed by atoms with van der Waals surface area (Å²) >= 11 is 5.87. The highest BCUT2D eigenvalue weighted by Gasteiger charge is 2.16. The van der Waals surface area contributed by atoms with Crippen molar-refractivity contribution in [1.82, 2.24) is 4.57 Å². The fourth-order valence-electron chi connectivity index (χ4n) is 1.87. The van der Waals surface area contributed by atoms with Crippen molar-refractivity contribution in [2.45, 2.75) is 13.0 Å². The molecule has 0 aliphatic carbocycles. The minimum Gasteiger partial charge on any atom is -0.467 e. The van der Waals surface area contributed by atoms with Gasteiger partial charge in [-0.25, -0.2) is 4.79 Å². The summed E-state index contributed by atoms with van der Waals surface area (Å²) in [5.41, 5.74) is 0.533. The smallest absolute Gasteiger partial charge is 0.328 e. The van der Waals surface area contributed by atoms with Crippen LogP contribution in [-0.4, -0.2) is 17.6 Å². The number of rotatable bonds is 2. The molecule has 2 rings (SSSR count). The number of methoxy groups -OCH3 is 1. The lowest BCUT2D eigenvalue weighted by Crippen LogP contribution is -2.20. The van der Waals surface area contributed by atoms with Crippen molar-refractivity contribution in [2.24, 2.45) is 0 Å². The molecule has 0 spiro atoms. The SMILES string of the molecule is COC(=O)C(C)n1ccc(=O)c2cc(Cl)ccc21. The van der Waals surface area contributed by atoms with Gasteiger partial charge in [-0.3, -0.25) is 4.79 Å². The Kier molecular flexibility index (Phi) is 3.39. The van der Waals surface area contributed by atoms with E-state index in [4.69, 9.17) is 16.3 Å². The Hall–Kier alpha value is -1.81. The van der Waals surface area contributed by atoms with Crippen molar-refractivity contribution in [3.63, 3.8) is 0 Å². The van der Waals surface area contributed by atoms with Crippen LogP contribution >= 0.6 is 11.6 Å². The first-order chi connectivity index (χ1) is 8.54.